The number of aliphatic hydroxyl groups is 4. The van der Waals surface area contributed by atoms with Gasteiger partial charge in [0.1, 0.15) is 0 Å². The third-order valence-electron chi connectivity index (χ3n) is 1.87. The maximum absolute atomic E-state index is 8.58. The van der Waals surface area contributed by atoms with E-state index in [1.165, 1.54) is 0 Å². The van der Waals surface area contributed by atoms with Gasteiger partial charge in [-0.2, -0.15) is 0 Å². The number of hydrogen-bond donors (Lipinski definition) is 4. The molecule has 0 amide bonds. The molecule has 0 radical (unpaired) electrons. The zero-order chi connectivity index (χ0) is 12.8. The van der Waals surface area contributed by atoms with Gasteiger partial charge < -0.3 is 20.4 Å². The summed E-state index contributed by atoms with van der Waals surface area (Å²) in [5.41, 5.74) is 0.137. The molecule has 1 aromatic rings. The Morgan fingerprint density at radius 2 is 1.24 bits per heavy atom. The van der Waals surface area contributed by atoms with E-state index in [1.54, 1.807) is 45.0 Å². The Hall–Kier alpha value is -0.317. The van der Waals surface area contributed by atoms with Gasteiger partial charge in [0.15, 0.2) is 12.6 Å². The maximum Gasteiger partial charge on any atom is 0.178 e. The molecular weight excluding hydrogens is 309 g/mol. The van der Waals surface area contributed by atoms with Crippen molar-refractivity contribution in [2.75, 3.05) is 0 Å². The van der Waals surface area contributed by atoms with E-state index in [9.17, 15) is 0 Å². The van der Waals surface area contributed by atoms with E-state index >= 15 is 0 Å². The van der Waals surface area contributed by atoms with Gasteiger partial charge in [-0.3, -0.25) is 0 Å². The maximum atomic E-state index is 8.58. The monoisotopic (exact) mass is 330 g/mol. The molecule has 0 aromatic heterocycles. The van der Waals surface area contributed by atoms with Crippen LogP contribution in [0.15, 0.2) is 30.3 Å². The van der Waals surface area contributed by atoms with Crippen LogP contribution in [0.25, 0.3) is 0 Å². The Morgan fingerprint density at radius 1 is 0.882 bits per heavy atom. The Balaban J connectivity index is 0. The molecule has 0 saturated heterocycles. The van der Waals surface area contributed by atoms with E-state index in [0.29, 0.717) is 5.56 Å². The van der Waals surface area contributed by atoms with Gasteiger partial charge in [0.2, 0.25) is 0 Å². The van der Waals surface area contributed by atoms with E-state index in [4.69, 9.17) is 20.4 Å². The molecule has 0 aliphatic carbocycles. The summed E-state index contributed by atoms with van der Waals surface area (Å²) in [7, 11) is 0. The minimum absolute atomic E-state index is 0. The third-order valence-corrected chi connectivity index (χ3v) is 1.87. The predicted molar refractivity (Wildman–Crippen MR) is 61.3 cm³/mol. The van der Waals surface area contributed by atoms with Crippen LogP contribution in [-0.2, 0) is 19.5 Å². The number of aliphatic hydroxyl groups excluding tert-OH is 2. The first kappa shape index (κ1) is 19.0. The molecule has 0 saturated carbocycles. The van der Waals surface area contributed by atoms with Crippen LogP contribution in [-0.4, -0.2) is 26.7 Å². The normalized spacial score (nSPS) is 10.6. The van der Waals surface area contributed by atoms with Crippen LogP contribution in [0.2, 0.25) is 0 Å². The van der Waals surface area contributed by atoms with Crippen LogP contribution in [0.5, 0.6) is 0 Å². The molecule has 5 heteroatoms. The van der Waals surface area contributed by atoms with Crippen molar-refractivity contribution in [1.82, 2.24) is 0 Å². The van der Waals surface area contributed by atoms with E-state index in [2.05, 4.69) is 0 Å². The van der Waals surface area contributed by atoms with Gasteiger partial charge in [0.25, 0.3) is 0 Å². The SMILES string of the molecule is CC(C)(C)C(O)O.OC(O)c1ccccc1.[Ru]. The van der Waals surface area contributed by atoms with Crippen LogP contribution < -0.4 is 0 Å². The average Bonchev–Trinajstić information content (AvgIpc) is 2.18. The van der Waals surface area contributed by atoms with Gasteiger partial charge in [0, 0.05) is 30.5 Å². The van der Waals surface area contributed by atoms with E-state index in [0.717, 1.165) is 0 Å². The van der Waals surface area contributed by atoms with Crippen molar-refractivity contribution in [3.8, 4) is 0 Å². The first-order valence-corrected chi connectivity index (χ1v) is 5.02. The molecule has 0 aliphatic rings. The fourth-order valence-electron chi connectivity index (χ4n) is 0.625. The quantitative estimate of drug-likeness (QED) is 0.458. The molecule has 0 aliphatic heterocycles. The van der Waals surface area contributed by atoms with Crippen LogP contribution in [0, 0.1) is 5.41 Å². The van der Waals surface area contributed by atoms with E-state index in [-0.39, 0.29) is 24.9 Å². The number of benzene rings is 1. The average molecular weight is 329 g/mol. The molecular formula is C12H20O4Ru. The van der Waals surface area contributed by atoms with Gasteiger partial charge in [-0.25, -0.2) is 0 Å². The van der Waals surface area contributed by atoms with Gasteiger partial charge in [-0.05, 0) is 0 Å². The summed E-state index contributed by atoms with van der Waals surface area (Å²) in [6.07, 6.45) is -2.54. The van der Waals surface area contributed by atoms with Gasteiger partial charge >= 0.3 is 0 Å². The second-order valence-electron chi connectivity index (χ2n) is 4.52. The zero-order valence-electron chi connectivity index (χ0n) is 10.2. The molecule has 4 nitrogen and oxygen atoms in total. The summed E-state index contributed by atoms with van der Waals surface area (Å²) < 4.78 is 0. The Kier molecular flexibility index (Phi) is 9.77. The van der Waals surface area contributed by atoms with Gasteiger partial charge in [-0.15, -0.1) is 0 Å². The summed E-state index contributed by atoms with van der Waals surface area (Å²) in [4.78, 5) is 0. The second kappa shape index (κ2) is 8.73. The number of hydrogen-bond acceptors (Lipinski definition) is 4. The summed E-state index contributed by atoms with van der Waals surface area (Å²) >= 11 is 0. The topological polar surface area (TPSA) is 80.9 Å². The van der Waals surface area contributed by atoms with Crippen molar-refractivity contribution < 1.29 is 39.9 Å². The van der Waals surface area contributed by atoms with Crippen molar-refractivity contribution in [3.63, 3.8) is 0 Å². The van der Waals surface area contributed by atoms with Crippen LogP contribution in [0.1, 0.15) is 32.6 Å². The summed E-state index contributed by atoms with van der Waals surface area (Å²) in [5.74, 6) is 0. The fraction of sp³-hybridized carbons (Fsp3) is 0.500. The molecule has 0 unspecified atom stereocenters. The molecule has 0 spiro atoms. The summed E-state index contributed by atoms with van der Waals surface area (Å²) in [6, 6.07) is 8.66. The van der Waals surface area contributed by atoms with Crippen LogP contribution >= 0.6 is 0 Å². The fourth-order valence-corrected chi connectivity index (χ4v) is 0.625. The molecule has 17 heavy (non-hydrogen) atoms. The van der Waals surface area contributed by atoms with Crippen molar-refractivity contribution in [2.24, 2.45) is 5.41 Å². The Morgan fingerprint density at radius 3 is 1.41 bits per heavy atom. The first-order chi connectivity index (χ1) is 7.25. The molecule has 0 atom stereocenters. The molecule has 0 heterocycles. The minimum Gasteiger partial charge on any atom is -0.368 e. The second-order valence-corrected chi connectivity index (χ2v) is 4.52. The predicted octanol–water partition coefficient (Wildman–Crippen LogP) is 1.01. The first-order valence-electron chi connectivity index (χ1n) is 5.02. The molecule has 0 fully saturated rings. The minimum atomic E-state index is -1.34. The molecule has 1 aromatic carbocycles. The van der Waals surface area contributed by atoms with E-state index in [1.807, 2.05) is 6.07 Å². The molecule has 100 valence electrons. The molecule has 4 N–H and O–H groups in total. The van der Waals surface area contributed by atoms with Gasteiger partial charge in [0.05, 0.1) is 0 Å². The largest absolute Gasteiger partial charge is 0.368 e. The van der Waals surface area contributed by atoms with Crippen molar-refractivity contribution in [1.29, 1.82) is 0 Å². The van der Waals surface area contributed by atoms with Crippen LogP contribution in [0.4, 0.5) is 0 Å². The Bertz CT molecular complexity index is 280. The van der Waals surface area contributed by atoms with Gasteiger partial charge in [-0.1, -0.05) is 51.1 Å². The summed E-state index contributed by atoms with van der Waals surface area (Å²) in [5, 5.41) is 34.0. The summed E-state index contributed by atoms with van der Waals surface area (Å²) in [6.45, 7) is 5.28. The molecule has 0 bridgehead atoms. The Labute approximate surface area is 115 Å². The standard InChI is InChI=1S/C7H8O2.C5H12O2.Ru/c8-7(9)6-4-2-1-3-5-6;1-5(2,3)4(6)7;/h1-5,7-9H;4,6-7H,1-3H3;. The third kappa shape index (κ3) is 9.39. The number of rotatable bonds is 1. The van der Waals surface area contributed by atoms with Crippen molar-refractivity contribution >= 4 is 0 Å². The van der Waals surface area contributed by atoms with E-state index < -0.39 is 12.6 Å². The smallest absolute Gasteiger partial charge is 0.178 e. The van der Waals surface area contributed by atoms with Crippen molar-refractivity contribution in [3.05, 3.63) is 35.9 Å². The zero-order valence-corrected chi connectivity index (χ0v) is 11.9. The van der Waals surface area contributed by atoms with Crippen LogP contribution in [0.3, 0.4) is 0 Å². The molecule has 1 rings (SSSR count). The van der Waals surface area contributed by atoms with Crippen molar-refractivity contribution in [2.45, 2.75) is 33.4 Å².